The first-order valence-electron chi connectivity index (χ1n) is 7.27. The highest BCUT2D eigenvalue weighted by Gasteiger charge is 2.30. The molecule has 4 rings (SSSR count). The van der Waals surface area contributed by atoms with Crippen molar-refractivity contribution >= 4 is 32.7 Å². The number of anilines is 1. The van der Waals surface area contributed by atoms with Crippen molar-refractivity contribution in [1.82, 2.24) is 9.97 Å². The zero-order valence-corrected chi connectivity index (χ0v) is 13.7. The van der Waals surface area contributed by atoms with E-state index in [-0.39, 0.29) is 11.9 Å². The lowest BCUT2D eigenvalue weighted by molar-refractivity contribution is 0.158. The molecule has 0 spiro atoms. The van der Waals surface area contributed by atoms with Gasteiger partial charge in [-0.2, -0.15) is 0 Å². The van der Waals surface area contributed by atoms with Gasteiger partial charge in [-0.3, -0.25) is 0 Å². The first kappa shape index (κ1) is 14.4. The van der Waals surface area contributed by atoms with Crippen molar-refractivity contribution in [2.24, 2.45) is 0 Å². The van der Waals surface area contributed by atoms with E-state index in [0.29, 0.717) is 10.4 Å². The van der Waals surface area contributed by atoms with Gasteiger partial charge in [-0.05, 0) is 40.2 Å². The number of rotatable bonds is 3. The Bertz CT molecular complexity index is 867. The van der Waals surface area contributed by atoms with E-state index in [1.165, 1.54) is 6.07 Å². The molecule has 0 atom stereocenters. The average Bonchev–Trinajstić information content (AvgIpc) is 2.52. The Hall–Kier alpha value is -2.21. The van der Waals surface area contributed by atoms with Gasteiger partial charge in [-0.15, -0.1) is 0 Å². The average molecular weight is 374 g/mol. The van der Waals surface area contributed by atoms with Crippen LogP contribution in [0.3, 0.4) is 0 Å². The summed E-state index contributed by atoms with van der Waals surface area (Å²) in [5.74, 6) is 0.969. The van der Waals surface area contributed by atoms with Crippen molar-refractivity contribution in [3.05, 3.63) is 59.0 Å². The van der Waals surface area contributed by atoms with E-state index in [1.807, 2.05) is 30.3 Å². The molecule has 1 saturated heterocycles. The highest BCUT2D eigenvalue weighted by atomic mass is 79.9. The predicted molar refractivity (Wildman–Crippen MR) is 90.3 cm³/mol. The number of halogens is 2. The van der Waals surface area contributed by atoms with Crippen molar-refractivity contribution in [2.45, 2.75) is 6.10 Å². The maximum Gasteiger partial charge on any atom is 0.228 e. The molecule has 0 bridgehead atoms. The summed E-state index contributed by atoms with van der Waals surface area (Å²) in [6.45, 7) is 1.47. The summed E-state index contributed by atoms with van der Waals surface area (Å²) < 4.78 is 19.3. The Balaban J connectivity index is 1.44. The number of hydrogen-bond acceptors (Lipinski definition) is 4. The van der Waals surface area contributed by atoms with Gasteiger partial charge in [-0.25, -0.2) is 14.4 Å². The molecule has 0 unspecified atom stereocenters. The van der Waals surface area contributed by atoms with Crippen LogP contribution in [0.25, 0.3) is 10.9 Å². The van der Waals surface area contributed by atoms with Gasteiger partial charge in [0.25, 0.3) is 0 Å². The van der Waals surface area contributed by atoms with Crippen LogP contribution in [0, 0.1) is 5.82 Å². The SMILES string of the molecule is Fc1cnc(OC2CN(c3ccc4ccccc4n3)C2)c(Br)c1. The standard InChI is InChI=1S/C17H13BrFN3O/c18-14-7-12(19)8-20-17(14)23-13-9-22(10-13)16-6-5-11-3-1-2-4-15(11)21-16/h1-8,13H,9-10H2. The number of pyridine rings is 2. The highest BCUT2D eigenvalue weighted by molar-refractivity contribution is 9.10. The zero-order valence-electron chi connectivity index (χ0n) is 12.1. The summed E-state index contributed by atoms with van der Waals surface area (Å²) in [5.41, 5.74) is 0.984. The third kappa shape index (κ3) is 2.86. The van der Waals surface area contributed by atoms with Crippen molar-refractivity contribution in [1.29, 1.82) is 0 Å². The molecule has 0 aliphatic carbocycles. The molecule has 2 aromatic heterocycles. The fourth-order valence-electron chi connectivity index (χ4n) is 2.58. The summed E-state index contributed by atoms with van der Waals surface area (Å²) in [6.07, 6.45) is 1.18. The van der Waals surface area contributed by atoms with Crippen molar-refractivity contribution in [2.75, 3.05) is 18.0 Å². The molecule has 6 heteroatoms. The molecule has 0 saturated carbocycles. The molecule has 0 amide bonds. The number of nitrogens with zero attached hydrogens (tertiary/aromatic N) is 3. The summed E-state index contributed by atoms with van der Waals surface area (Å²) in [4.78, 5) is 10.8. The quantitative estimate of drug-likeness (QED) is 0.699. The van der Waals surface area contributed by atoms with E-state index in [9.17, 15) is 4.39 Å². The van der Waals surface area contributed by atoms with E-state index in [2.05, 4.69) is 36.9 Å². The molecule has 4 nitrogen and oxygen atoms in total. The van der Waals surface area contributed by atoms with Crippen LogP contribution in [0.4, 0.5) is 10.2 Å². The Morgan fingerprint density at radius 1 is 1.17 bits per heavy atom. The van der Waals surface area contributed by atoms with Gasteiger partial charge in [0, 0.05) is 5.39 Å². The molecule has 1 fully saturated rings. The molecule has 116 valence electrons. The number of hydrogen-bond donors (Lipinski definition) is 0. The minimum absolute atomic E-state index is 0.0255. The number of ether oxygens (including phenoxy) is 1. The molecule has 0 N–H and O–H groups in total. The van der Waals surface area contributed by atoms with Crippen molar-refractivity contribution in [3.63, 3.8) is 0 Å². The molecule has 1 aromatic carbocycles. The smallest absolute Gasteiger partial charge is 0.228 e. The first-order valence-corrected chi connectivity index (χ1v) is 8.07. The van der Waals surface area contributed by atoms with Crippen LogP contribution in [0.2, 0.25) is 0 Å². The molecule has 23 heavy (non-hydrogen) atoms. The van der Waals surface area contributed by atoms with Gasteiger partial charge in [0.15, 0.2) is 0 Å². The normalized spacial score (nSPS) is 14.8. The number of para-hydroxylation sites is 1. The van der Waals surface area contributed by atoms with Gasteiger partial charge < -0.3 is 9.64 Å². The Kier molecular flexibility index (Phi) is 3.61. The lowest BCUT2D eigenvalue weighted by Crippen LogP contribution is -2.54. The topological polar surface area (TPSA) is 38.2 Å². The Morgan fingerprint density at radius 2 is 2.00 bits per heavy atom. The second-order valence-electron chi connectivity index (χ2n) is 5.45. The summed E-state index contributed by atoms with van der Waals surface area (Å²) in [5, 5.41) is 1.13. The van der Waals surface area contributed by atoms with E-state index >= 15 is 0 Å². The van der Waals surface area contributed by atoms with E-state index < -0.39 is 0 Å². The van der Waals surface area contributed by atoms with Gasteiger partial charge in [0.05, 0.1) is 29.3 Å². The van der Waals surface area contributed by atoms with Crippen LogP contribution in [-0.2, 0) is 0 Å². The molecular formula is C17H13BrFN3O. The van der Waals surface area contributed by atoms with E-state index in [4.69, 9.17) is 4.74 Å². The zero-order chi connectivity index (χ0) is 15.8. The van der Waals surface area contributed by atoms with Gasteiger partial charge in [-0.1, -0.05) is 18.2 Å². The lowest BCUT2D eigenvalue weighted by atomic mass is 10.1. The van der Waals surface area contributed by atoms with Crippen molar-refractivity contribution in [3.8, 4) is 5.88 Å². The monoisotopic (exact) mass is 373 g/mol. The fourth-order valence-corrected chi connectivity index (χ4v) is 2.99. The van der Waals surface area contributed by atoms with E-state index in [1.54, 1.807) is 0 Å². The third-order valence-electron chi connectivity index (χ3n) is 3.81. The lowest BCUT2D eigenvalue weighted by Gasteiger charge is -2.39. The number of fused-ring (bicyclic) bond motifs is 1. The Labute approximate surface area is 141 Å². The molecule has 1 aliphatic heterocycles. The molecule has 0 radical (unpaired) electrons. The first-order chi connectivity index (χ1) is 11.2. The van der Waals surface area contributed by atoms with Crippen LogP contribution in [-0.4, -0.2) is 29.2 Å². The fraction of sp³-hybridized carbons (Fsp3) is 0.176. The maximum absolute atomic E-state index is 13.0. The number of benzene rings is 1. The molecule has 3 aromatic rings. The van der Waals surface area contributed by atoms with E-state index in [0.717, 1.165) is 36.0 Å². The minimum atomic E-state index is -0.389. The number of aromatic nitrogens is 2. The summed E-state index contributed by atoms with van der Waals surface area (Å²) in [7, 11) is 0. The van der Waals surface area contributed by atoms with Crippen molar-refractivity contribution < 1.29 is 9.13 Å². The van der Waals surface area contributed by atoms with Crippen LogP contribution < -0.4 is 9.64 Å². The Morgan fingerprint density at radius 3 is 2.83 bits per heavy atom. The molecule has 3 heterocycles. The second kappa shape index (κ2) is 5.77. The van der Waals surface area contributed by atoms with Gasteiger partial charge in [0.1, 0.15) is 17.7 Å². The summed E-state index contributed by atoms with van der Waals surface area (Å²) in [6, 6.07) is 13.5. The minimum Gasteiger partial charge on any atom is -0.470 e. The molecular weight excluding hydrogens is 361 g/mol. The third-order valence-corrected chi connectivity index (χ3v) is 4.38. The highest BCUT2D eigenvalue weighted by Crippen LogP contribution is 2.28. The molecule has 1 aliphatic rings. The van der Waals surface area contributed by atoms with Crippen LogP contribution in [0.1, 0.15) is 0 Å². The van der Waals surface area contributed by atoms with Gasteiger partial charge in [0.2, 0.25) is 5.88 Å². The van der Waals surface area contributed by atoms with Crippen LogP contribution in [0.15, 0.2) is 53.1 Å². The maximum atomic E-state index is 13.0. The summed E-state index contributed by atoms with van der Waals surface area (Å²) >= 11 is 3.26. The largest absolute Gasteiger partial charge is 0.470 e. The predicted octanol–water partition coefficient (Wildman–Crippen LogP) is 3.80. The van der Waals surface area contributed by atoms with Crippen LogP contribution in [0.5, 0.6) is 5.88 Å². The van der Waals surface area contributed by atoms with Gasteiger partial charge >= 0.3 is 0 Å². The van der Waals surface area contributed by atoms with Crippen LogP contribution >= 0.6 is 15.9 Å². The second-order valence-corrected chi connectivity index (χ2v) is 6.30.